The highest BCUT2D eigenvalue weighted by molar-refractivity contribution is 5.69. The molecular weight excluding hydrogens is 162 g/mol. The number of nitrogens with two attached hydrogens (primary N) is 1. The van der Waals surface area contributed by atoms with Gasteiger partial charge in [0, 0.05) is 5.56 Å². The summed E-state index contributed by atoms with van der Waals surface area (Å²) >= 11 is 0. The van der Waals surface area contributed by atoms with Crippen molar-refractivity contribution in [2.24, 2.45) is 0 Å². The van der Waals surface area contributed by atoms with Crippen molar-refractivity contribution in [2.75, 3.05) is 5.73 Å². The first-order chi connectivity index (χ1) is 6.27. The van der Waals surface area contributed by atoms with E-state index in [4.69, 9.17) is 5.73 Å². The van der Waals surface area contributed by atoms with Crippen molar-refractivity contribution in [3.05, 3.63) is 36.2 Å². The zero-order valence-electron chi connectivity index (χ0n) is 7.41. The van der Waals surface area contributed by atoms with Gasteiger partial charge in [0.15, 0.2) is 0 Å². The SMILES string of the molecule is Cc1ccc(-c2nc[nH]c2N)cc1. The Bertz CT molecular complexity index is 400. The maximum atomic E-state index is 5.69. The number of aromatic amines is 1. The van der Waals surface area contributed by atoms with E-state index in [-0.39, 0.29) is 0 Å². The average Bonchev–Trinajstić information content (AvgIpc) is 2.53. The summed E-state index contributed by atoms with van der Waals surface area (Å²) in [5, 5.41) is 0. The van der Waals surface area contributed by atoms with Gasteiger partial charge in [0.05, 0.1) is 6.33 Å². The predicted octanol–water partition coefficient (Wildman–Crippen LogP) is 1.97. The smallest absolute Gasteiger partial charge is 0.128 e. The van der Waals surface area contributed by atoms with Crippen LogP contribution in [0.4, 0.5) is 5.82 Å². The molecule has 13 heavy (non-hydrogen) atoms. The molecule has 66 valence electrons. The third-order valence-corrected chi connectivity index (χ3v) is 1.99. The first-order valence-electron chi connectivity index (χ1n) is 4.13. The van der Waals surface area contributed by atoms with Gasteiger partial charge < -0.3 is 10.7 Å². The molecule has 0 saturated carbocycles. The van der Waals surface area contributed by atoms with E-state index in [0.29, 0.717) is 5.82 Å². The van der Waals surface area contributed by atoms with E-state index in [0.717, 1.165) is 11.3 Å². The van der Waals surface area contributed by atoms with Crippen LogP contribution in [0.2, 0.25) is 0 Å². The van der Waals surface area contributed by atoms with Crippen molar-refractivity contribution < 1.29 is 0 Å². The van der Waals surface area contributed by atoms with Gasteiger partial charge in [-0.05, 0) is 6.92 Å². The molecule has 1 aromatic heterocycles. The molecule has 0 fully saturated rings. The molecule has 0 radical (unpaired) electrons. The Hall–Kier alpha value is -1.77. The van der Waals surface area contributed by atoms with Crippen LogP contribution in [0.15, 0.2) is 30.6 Å². The number of nitrogens with one attached hydrogen (secondary N) is 1. The van der Waals surface area contributed by atoms with Crippen LogP contribution in [-0.2, 0) is 0 Å². The molecule has 0 aliphatic carbocycles. The molecule has 0 amide bonds. The minimum atomic E-state index is 0.615. The molecule has 3 nitrogen and oxygen atoms in total. The highest BCUT2D eigenvalue weighted by Gasteiger charge is 2.03. The van der Waals surface area contributed by atoms with Crippen LogP contribution < -0.4 is 5.73 Å². The van der Waals surface area contributed by atoms with Gasteiger partial charge in [0.25, 0.3) is 0 Å². The minimum Gasteiger partial charge on any atom is -0.383 e. The second kappa shape index (κ2) is 2.94. The quantitative estimate of drug-likeness (QED) is 0.692. The molecule has 0 spiro atoms. The van der Waals surface area contributed by atoms with Crippen LogP contribution >= 0.6 is 0 Å². The molecule has 0 atom stereocenters. The summed E-state index contributed by atoms with van der Waals surface area (Å²) < 4.78 is 0. The fourth-order valence-corrected chi connectivity index (χ4v) is 1.25. The van der Waals surface area contributed by atoms with E-state index < -0.39 is 0 Å². The summed E-state index contributed by atoms with van der Waals surface area (Å²) in [5.74, 6) is 0.615. The highest BCUT2D eigenvalue weighted by atomic mass is 15.0. The summed E-state index contributed by atoms with van der Waals surface area (Å²) in [6.45, 7) is 2.05. The van der Waals surface area contributed by atoms with Gasteiger partial charge in [0.2, 0.25) is 0 Å². The Morgan fingerprint density at radius 2 is 1.92 bits per heavy atom. The molecule has 3 heteroatoms. The van der Waals surface area contributed by atoms with Gasteiger partial charge in [-0.25, -0.2) is 4.98 Å². The van der Waals surface area contributed by atoms with Crippen LogP contribution in [-0.4, -0.2) is 9.97 Å². The summed E-state index contributed by atoms with van der Waals surface area (Å²) in [4.78, 5) is 6.98. The van der Waals surface area contributed by atoms with Crippen LogP contribution in [0.3, 0.4) is 0 Å². The molecule has 0 bridgehead atoms. The molecule has 0 aliphatic heterocycles. The lowest BCUT2D eigenvalue weighted by Crippen LogP contribution is -1.88. The normalized spacial score (nSPS) is 10.2. The summed E-state index contributed by atoms with van der Waals surface area (Å²) in [7, 11) is 0. The van der Waals surface area contributed by atoms with Gasteiger partial charge in [-0.3, -0.25) is 0 Å². The molecule has 0 unspecified atom stereocenters. The van der Waals surface area contributed by atoms with Crippen molar-refractivity contribution in [1.29, 1.82) is 0 Å². The van der Waals surface area contributed by atoms with Crippen molar-refractivity contribution in [3.8, 4) is 11.3 Å². The lowest BCUT2D eigenvalue weighted by Gasteiger charge is -1.98. The number of imidazole rings is 1. The first-order valence-corrected chi connectivity index (χ1v) is 4.13. The number of aromatic nitrogens is 2. The van der Waals surface area contributed by atoms with E-state index in [9.17, 15) is 0 Å². The molecule has 2 aromatic rings. The second-order valence-corrected chi connectivity index (χ2v) is 3.03. The lowest BCUT2D eigenvalue weighted by molar-refractivity contribution is 1.31. The van der Waals surface area contributed by atoms with Crippen LogP contribution in [0.5, 0.6) is 0 Å². The van der Waals surface area contributed by atoms with Crippen molar-refractivity contribution >= 4 is 5.82 Å². The van der Waals surface area contributed by atoms with E-state index in [1.807, 2.05) is 24.3 Å². The van der Waals surface area contributed by atoms with Crippen molar-refractivity contribution in [3.63, 3.8) is 0 Å². The number of aryl methyl sites for hydroxylation is 1. The average molecular weight is 173 g/mol. The number of hydrogen-bond acceptors (Lipinski definition) is 2. The van der Waals surface area contributed by atoms with Gasteiger partial charge in [0.1, 0.15) is 11.5 Å². The Morgan fingerprint density at radius 3 is 2.46 bits per heavy atom. The predicted molar refractivity (Wildman–Crippen MR) is 53.2 cm³/mol. The number of nitrogen functional groups attached to an aromatic ring is 1. The molecule has 0 aliphatic rings. The Morgan fingerprint density at radius 1 is 1.23 bits per heavy atom. The summed E-state index contributed by atoms with van der Waals surface area (Å²) in [6, 6.07) is 8.12. The standard InChI is InChI=1S/C10H11N3/c1-7-2-4-8(5-3-7)9-10(11)13-6-12-9/h2-6H,11H2,1H3,(H,12,13). The maximum absolute atomic E-state index is 5.69. The Labute approximate surface area is 76.6 Å². The zero-order chi connectivity index (χ0) is 9.26. The molecule has 1 aromatic carbocycles. The number of hydrogen-bond donors (Lipinski definition) is 2. The maximum Gasteiger partial charge on any atom is 0.128 e. The third-order valence-electron chi connectivity index (χ3n) is 1.99. The minimum absolute atomic E-state index is 0.615. The summed E-state index contributed by atoms with van der Waals surface area (Å²) in [5.41, 5.74) is 8.79. The van der Waals surface area contributed by atoms with E-state index >= 15 is 0 Å². The number of H-pyrrole nitrogens is 1. The van der Waals surface area contributed by atoms with E-state index in [2.05, 4.69) is 16.9 Å². The number of nitrogens with zero attached hydrogens (tertiary/aromatic N) is 1. The molecule has 1 heterocycles. The highest BCUT2D eigenvalue weighted by Crippen LogP contribution is 2.21. The number of anilines is 1. The molecular formula is C10H11N3. The van der Waals surface area contributed by atoms with E-state index in [1.165, 1.54) is 5.56 Å². The monoisotopic (exact) mass is 173 g/mol. The van der Waals surface area contributed by atoms with Crippen molar-refractivity contribution in [1.82, 2.24) is 9.97 Å². The van der Waals surface area contributed by atoms with Gasteiger partial charge in [-0.1, -0.05) is 29.8 Å². The second-order valence-electron chi connectivity index (χ2n) is 3.03. The fraction of sp³-hybridized carbons (Fsp3) is 0.100. The van der Waals surface area contributed by atoms with Gasteiger partial charge >= 0.3 is 0 Å². The van der Waals surface area contributed by atoms with Gasteiger partial charge in [-0.15, -0.1) is 0 Å². The van der Waals surface area contributed by atoms with E-state index in [1.54, 1.807) is 6.33 Å². The van der Waals surface area contributed by atoms with Crippen LogP contribution in [0.25, 0.3) is 11.3 Å². The largest absolute Gasteiger partial charge is 0.383 e. The third kappa shape index (κ3) is 1.40. The lowest BCUT2D eigenvalue weighted by atomic mass is 10.1. The Balaban J connectivity index is 2.47. The number of rotatable bonds is 1. The van der Waals surface area contributed by atoms with Crippen molar-refractivity contribution in [2.45, 2.75) is 6.92 Å². The fourth-order valence-electron chi connectivity index (χ4n) is 1.25. The molecule has 3 N–H and O–H groups in total. The van der Waals surface area contributed by atoms with Crippen LogP contribution in [0.1, 0.15) is 5.56 Å². The Kier molecular flexibility index (Phi) is 1.77. The topological polar surface area (TPSA) is 54.7 Å². The first kappa shape index (κ1) is 7.86. The molecule has 0 saturated heterocycles. The number of benzene rings is 1. The zero-order valence-corrected chi connectivity index (χ0v) is 7.41. The molecule has 2 rings (SSSR count). The van der Waals surface area contributed by atoms with Gasteiger partial charge in [-0.2, -0.15) is 0 Å². The summed E-state index contributed by atoms with van der Waals surface area (Å²) in [6.07, 6.45) is 1.60. The van der Waals surface area contributed by atoms with Crippen LogP contribution in [0, 0.1) is 6.92 Å².